The van der Waals surface area contributed by atoms with Crippen molar-refractivity contribution in [1.29, 1.82) is 0 Å². The molecule has 0 aliphatic rings. The molecule has 2 atom stereocenters. The highest BCUT2D eigenvalue weighted by atomic mass is 16.5. The van der Waals surface area contributed by atoms with Crippen LogP contribution in [0.1, 0.15) is 77.6 Å². The van der Waals surface area contributed by atoms with Crippen molar-refractivity contribution in [3.63, 3.8) is 0 Å². The van der Waals surface area contributed by atoms with Crippen LogP contribution in [0.15, 0.2) is 14.4 Å². The number of aliphatic hydroxyl groups is 2. The number of H-pyrrole nitrogens is 1. The normalized spacial score (nSPS) is 13.1. The van der Waals surface area contributed by atoms with E-state index >= 15 is 0 Å². The standard InChI is InChI=1S/C23H41N3O8/c1-3-4-5-6-7-8-11-18(27)12-9-10-14-25-21(30)24-22(31)26(23(25)32)15-13-20(29)34-17-19(28)16-33-2/h18-19,27-28H,3-17H2,1-2H3,(H,24,30,31). The summed E-state index contributed by atoms with van der Waals surface area (Å²) in [6.07, 6.45) is 7.81. The van der Waals surface area contributed by atoms with Crippen molar-refractivity contribution in [1.82, 2.24) is 14.1 Å². The number of carbonyl (C=O) groups is 1. The largest absolute Gasteiger partial charge is 0.463 e. The lowest BCUT2D eigenvalue weighted by molar-refractivity contribution is -0.147. The number of esters is 1. The topological polar surface area (TPSA) is 153 Å². The lowest BCUT2D eigenvalue weighted by atomic mass is 10.0. The van der Waals surface area contributed by atoms with Crippen molar-refractivity contribution in [2.24, 2.45) is 0 Å². The zero-order valence-electron chi connectivity index (χ0n) is 20.5. The molecule has 1 rings (SSSR count). The average Bonchev–Trinajstić information content (AvgIpc) is 2.79. The van der Waals surface area contributed by atoms with Gasteiger partial charge in [0.2, 0.25) is 0 Å². The van der Waals surface area contributed by atoms with Gasteiger partial charge in [0.05, 0.1) is 19.1 Å². The molecule has 1 heterocycles. The quantitative estimate of drug-likeness (QED) is 0.192. The molecule has 1 aromatic heterocycles. The Morgan fingerprint density at radius 1 is 0.853 bits per heavy atom. The fourth-order valence-electron chi connectivity index (χ4n) is 3.60. The van der Waals surface area contributed by atoms with Gasteiger partial charge in [0.15, 0.2) is 0 Å². The molecule has 0 aromatic carbocycles. The van der Waals surface area contributed by atoms with Crippen molar-refractivity contribution < 1.29 is 24.5 Å². The summed E-state index contributed by atoms with van der Waals surface area (Å²) in [6.45, 7) is 1.77. The Bertz CT molecular complexity index is 876. The van der Waals surface area contributed by atoms with Crippen LogP contribution in [-0.2, 0) is 27.4 Å². The smallest absolute Gasteiger partial charge is 0.336 e. The second-order valence-electron chi connectivity index (χ2n) is 8.57. The zero-order valence-corrected chi connectivity index (χ0v) is 20.5. The molecule has 2 unspecified atom stereocenters. The summed E-state index contributed by atoms with van der Waals surface area (Å²) < 4.78 is 11.3. The number of nitrogens with zero attached hydrogens (tertiary/aromatic N) is 2. The van der Waals surface area contributed by atoms with Gasteiger partial charge >= 0.3 is 23.0 Å². The molecule has 0 spiro atoms. The van der Waals surface area contributed by atoms with Crippen molar-refractivity contribution in [2.75, 3.05) is 20.3 Å². The third-order valence-corrected chi connectivity index (χ3v) is 5.56. The van der Waals surface area contributed by atoms with Crippen LogP contribution in [0.5, 0.6) is 0 Å². The molecule has 0 bridgehead atoms. The number of ether oxygens (including phenoxy) is 2. The second kappa shape index (κ2) is 17.2. The van der Waals surface area contributed by atoms with Crippen LogP contribution >= 0.6 is 0 Å². The van der Waals surface area contributed by atoms with E-state index < -0.39 is 35.2 Å². The zero-order chi connectivity index (χ0) is 25.3. The molecule has 11 nitrogen and oxygen atoms in total. The molecule has 3 N–H and O–H groups in total. The Kier molecular flexibility index (Phi) is 15.1. The number of unbranched alkanes of at least 4 members (excludes halogenated alkanes) is 6. The van der Waals surface area contributed by atoms with E-state index in [2.05, 4.69) is 11.9 Å². The van der Waals surface area contributed by atoms with E-state index in [-0.39, 0.29) is 32.7 Å². The van der Waals surface area contributed by atoms with Gasteiger partial charge in [-0.15, -0.1) is 0 Å². The lowest BCUT2D eigenvalue weighted by Crippen LogP contribution is -2.49. The van der Waals surface area contributed by atoms with E-state index in [0.717, 1.165) is 28.4 Å². The first-order valence-electron chi connectivity index (χ1n) is 12.2. The predicted molar refractivity (Wildman–Crippen MR) is 127 cm³/mol. The number of aromatic nitrogens is 3. The number of methoxy groups -OCH3 is 1. The number of aliphatic hydroxyl groups excluding tert-OH is 2. The first-order chi connectivity index (χ1) is 16.3. The summed E-state index contributed by atoms with van der Waals surface area (Å²) in [7, 11) is 1.40. The second-order valence-corrected chi connectivity index (χ2v) is 8.57. The van der Waals surface area contributed by atoms with Gasteiger partial charge in [0.25, 0.3) is 0 Å². The fourth-order valence-corrected chi connectivity index (χ4v) is 3.60. The van der Waals surface area contributed by atoms with Gasteiger partial charge in [-0.1, -0.05) is 45.4 Å². The minimum atomic E-state index is -0.966. The molecule has 1 aromatic rings. The van der Waals surface area contributed by atoms with Crippen LogP contribution in [0.4, 0.5) is 0 Å². The summed E-state index contributed by atoms with van der Waals surface area (Å²) in [6, 6.07) is 0. The van der Waals surface area contributed by atoms with Crippen molar-refractivity contribution >= 4 is 5.97 Å². The average molecular weight is 488 g/mol. The minimum absolute atomic E-state index is 0.00738. The van der Waals surface area contributed by atoms with Crippen LogP contribution in [0.3, 0.4) is 0 Å². The number of hydrogen-bond acceptors (Lipinski definition) is 8. The Hall–Kier alpha value is -2.24. The van der Waals surface area contributed by atoms with Crippen LogP contribution < -0.4 is 17.1 Å². The SMILES string of the molecule is CCCCCCCCC(O)CCCCn1c(=O)[nH]c(=O)n(CCC(=O)OCC(O)COC)c1=O. The first kappa shape index (κ1) is 29.8. The number of rotatable bonds is 19. The number of carbonyl (C=O) groups excluding carboxylic acids is 1. The summed E-state index contributed by atoms with van der Waals surface area (Å²) in [4.78, 5) is 50.6. The van der Waals surface area contributed by atoms with E-state index in [1.807, 2.05) is 0 Å². The van der Waals surface area contributed by atoms with Crippen LogP contribution in [0, 0.1) is 0 Å². The molecule has 11 heteroatoms. The highest BCUT2D eigenvalue weighted by molar-refractivity contribution is 5.69. The van der Waals surface area contributed by atoms with E-state index in [1.54, 1.807) is 0 Å². The molecule has 0 radical (unpaired) electrons. The Labute approximate surface area is 199 Å². The van der Waals surface area contributed by atoms with Gasteiger partial charge in [-0.25, -0.2) is 23.5 Å². The molecule has 196 valence electrons. The molecular weight excluding hydrogens is 446 g/mol. The van der Waals surface area contributed by atoms with Gasteiger partial charge in [-0.05, 0) is 25.7 Å². The molecule has 0 saturated carbocycles. The molecule has 0 aliphatic carbocycles. The molecule has 0 aliphatic heterocycles. The van der Waals surface area contributed by atoms with Crippen molar-refractivity contribution in [3.05, 3.63) is 31.5 Å². The van der Waals surface area contributed by atoms with Gasteiger partial charge < -0.3 is 19.7 Å². The minimum Gasteiger partial charge on any atom is -0.463 e. The molecule has 0 fully saturated rings. The predicted octanol–water partition coefficient (Wildman–Crippen LogP) is 0.921. The summed E-state index contributed by atoms with van der Waals surface area (Å²) in [5, 5.41) is 19.6. The maximum absolute atomic E-state index is 12.6. The van der Waals surface area contributed by atoms with Gasteiger partial charge in [0, 0.05) is 20.2 Å². The highest BCUT2D eigenvalue weighted by Gasteiger charge is 2.14. The number of hydrogen-bond donors (Lipinski definition) is 3. The van der Waals surface area contributed by atoms with E-state index in [9.17, 15) is 29.4 Å². The summed E-state index contributed by atoms with van der Waals surface area (Å²) in [5.74, 6) is -0.696. The lowest BCUT2D eigenvalue weighted by Gasteiger charge is -2.12. The van der Waals surface area contributed by atoms with Crippen molar-refractivity contribution in [2.45, 2.75) is 103 Å². The molecular formula is C23H41N3O8. The Morgan fingerprint density at radius 2 is 1.44 bits per heavy atom. The third-order valence-electron chi connectivity index (χ3n) is 5.56. The Balaban J connectivity index is 2.48. The number of nitrogens with one attached hydrogen (secondary N) is 1. The monoisotopic (exact) mass is 487 g/mol. The van der Waals surface area contributed by atoms with E-state index in [4.69, 9.17) is 9.47 Å². The van der Waals surface area contributed by atoms with Gasteiger partial charge in [-0.3, -0.25) is 9.78 Å². The number of aromatic amines is 1. The highest BCUT2D eigenvalue weighted by Crippen LogP contribution is 2.12. The van der Waals surface area contributed by atoms with Crippen LogP contribution in [0.2, 0.25) is 0 Å². The van der Waals surface area contributed by atoms with E-state index in [1.165, 1.54) is 32.8 Å². The maximum atomic E-state index is 12.6. The third kappa shape index (κ3) is 11.8. The molecule has 0 amide bonds. The van der Waals surface area contributed by atoms with Crippen LogP contribution in [-0.4, -0.2) is 62.8 Å². The fraction of sp³-hybridized carbons (Fsp3) is 0.826. The summed E-state index contributed by atoms with van der Waals surface area (Å²) in [5.41, 5.74) is -2.49. The molecule has 34 heavy (non-hydrogen) atoms. The Morgan fingerprint density at radius 3 is 2.09 bits per heavy atom. The van der Waals surface area contributed by atoms with Gasteiger partial charge in [0.1, 0.15) is 12.7 Å². The maximum Gasteiger partial charge on any atom is 0.336 e. The van der Waals surface area contributed by atoms with Crippen LogP contribution in [0.25, 0.3) is 0 Å². The first-order valence-corrected chi connectivity index (χ1v) is 12.2. The van der Waals surface area contributed by atoms with Crippen molar-refractivity contribution in [3.8, 4) is 0 Å². The van der Waals surface area contributed by atoms with E-state index in [0.29, 0.717) is 19.3 Å². The summed E-state index contributed by atoms with van der Waals surface area (Å²) >= 11 is 0. The van der Waals surface area contributed by atoms with Gasteiger partial charge in [-0.2, -0.15) is 0 Å². The molecule has 0 saturated heterocycles.